The first-order chi connectivity index (χ1) is 9.31. The summed E-state index contributed by atoms with van der Waals surface area (Å²) in [5.41, 5.74) is 2.62. The normalized spacial score (nSPS) is 22.3. The fraction of sp³-hybridized carbons (Fsp3) is 0.625. The first kappa shape index (κ1) is 12.8. The summed E-state index contributed by atoms with van der Waals surface area (Å²) in [4.78, 5) is 0. The van der Waals surface area contributed by atoms with Crippen LogP contribution in [0.25, 0.3) is 0 Å². The van der Waals surface area contributed by atoms with Gasteiger partial charge in [0, 0.05) is 17.6 Å². The minimum absolute atomic E-state index is 0.422. The Morgan fingerprint density at radius 3 is 2.84 bits per heavy atom. The van der Waals surface area contributed by atoms with Crippen LogP contribution in [0.5, 0.6) is 11.5 Å². The van der Waals surface area contributed by atoms with Gasteiger partial charge >= 0.3 is 0 Å². The number of methoxy groups -OCH3 is 1. The standard InChI is InChI=1S/C16H23NO2/c1-3-11-9-13-14(17-12-6-7-12)5-4-8-19-16(13)15(10-11)18-2/h9-10,12,14,17H,3-8H2,1-2H3. The van der Waals surface area contributed by atoms with Crippen LogP contribution in [0.15, 0.2) is 12.1 Å². The molecular weight excluding hydrogens is 238 g/mol. The molecule has 2 aliphatic rings. The molecule has 0 bridgehead atoms. The van der Waals surface area contributed by atoms with Gasteiger partial charge in [0.15, 0.2) is 11.5 Å². The van der Waals surface area contributed by atoms with E-state index in [0.29, 0.717) is 12.1 Å². The van der Waals surface area contributed by atoms with Crippen LogP contribution in [0.1, 0.15) is 49.8 Å². The highest BCUT2D eigenvalue weighted by Gasteiger charge is 2.29. The summed E-state index contributed by atoms with van der Waals surface area (Å²) in [6.07, 6.45) is 5.91. The number of aryl methyl sites for hydroxylation is 1. The van der Waals surface area contributed by atoms with Gasteiger partial charge in [-0.2, -0.15) is 0 Å². The summed E-state index contributed by atoms with van der Waals surface area (Å²) >= 11 is 0. The second-order valence-corrected chi connectivity index (χ2v) is 5.55. The topological polar surface area (TPSA) is 30.5 Å². The maximum absolute atomic E-state index is 5.94. The first-order valence-electron chi connectivity index (χ1n) is 7.41. The predicted octanol–water partition coefficient (Wildman–Crippen LogP) is 3.22. The lowest BCUT2D eigenvalue weighted by Gasteiger charge is -2.20. The molecule has 0 radical (unpaired) electrons. The maximum atomic E-state index is 5.94. The molecule has 0 saturated heterocycles. The smallest absolute Gasteiger partial charge is 0.165 e. The number of ether oxygens (including phenoxy) is 2. The van der Waals surface area contributed by atoms with Gasteiger partial charge in [-0.25, -0.2) is 0 Å². The summed E-state index contributed by atoms with van der Waals surface area (Å²) in [6, 6.07) is 5.54. The third-order valence-corrected chi connectivity index (χ3v) is 4.04. The van der Waals surface area contributed by atoms with E-state index in [1.165, 1.54) is 24.0 Å². The highest BCUT2D eigenvalue weighted by molar-refractivity contribution is 5.51. The van der Waals surface area contributed by atoms with E-state index >= 15 is 0 Å². The van der Waals surface area contributed by atoms with Crippen molar-refractivity contribution in [3.8, 4) is 11.5 Å². The monoisotopic (exact) mass is 261 g/mol. The van der Waals surface area contributed by atoms with E-state index in [0.717, 1.165) is 37.4 Å². The Bertz CT molecular complexity index is 454. The van der Waals surface area contributed by atoms with E-state index < -0.39 is 0 Å². The molecule has 1 unspecified atom stereocenters. The van der Waals surface area contributed by atoms with Crippen LogP contribution in [0.2, 0.25) is 0 Å². The number of rotatable bonds is 4. The van der Waals surface area contributed by atoms with Crippen molar-refractivity contribution in [2.75, 3.05) is 13.7 Å². The van der Waals surface area contributed by atoms with Crippen LogP contribution in [0.3, 0.4) is 0 Å². The van der Waals surface area contributed by atoms with Gasteiger partial charge in [-0.1, -0.05) is 13.0 Å². The lowest BCUT2D eigenvalue weighted by Crippen LogP contribution is -2.23. The number of benzene rings is 1. The second kappa shape index (κ2) is 5.41. The average Bonchev–Trinajstić information content (AvgIpc) is 3.26. The molecule has 1 aromatic rings. The first-order valence-corrected chi connectivity index (χ1v) is 7.41. The minimum Gasteiger partial charge on any atom is -0.493 e. The molecule has 1 aliphatic heterocycles. The van der Waals surface area contributed by atoms with Crippen molar-refractivity contribution in [3.63, 3.8) is 0 Å². The molecule has 0 spiro atoms. The van der Waals surface area contributed by atoms with Crippen molar-refractivity contribution in [1.29, 1.82) is 0 Å². The van der Waals surface area contributed by atoms with Crippen LogP contribution in [0, 0.1) is 0 Å². The van der Waals surface area contributed by atoms with Gasteiger partial charge < -0.3 is 14.8 Å². The fourth-order valence-corrected chi connectivity index (χ4v) is 2.78. The van der Waals surface area contributed by atoms with E-state index in [4.69, 9.17) is 9.47 Å². The van der Waals surface area contributed by atoms with E-state index in [9.17, 15) is 0 Å². The number of fused-ring (bicyclic) bond motifs is 1. The molecule has 104 valence electrons. The van der Waals surface area contributed by atoms with Gasteiger partial charge in [0.05, 0.1) is 13.7 Å². The Labute approximate surface area is 115 Å². The molecule has 1 N–H and O–H groups in total. The van der Waals surface area contributed by atoms with E-state index in [-0.39, 0.29) is 0 Å². The molecule has 0 amide bonds. The number of hydrogen-bond donors (Lipinski definition) is 1. The van der Waals surface area contributed by atoms with Crippen molar-refractivity contribution in [2.45, 2.75) is 51.1 Å². The van der Waals surface area contributed by atoms with Crippen molar-refractivity contribution < 1.29 is 9.47 Å². The zero-order valence-electron chi connectivity index (χ0n) is 11.9. The fourth-order valence-electron chi connectivity index (χ4n) is 2.78. The number of nitrogens with one attached hydrogen (secondary N) is 1. The second-order valence-electron chi connectivity index (χ2n) is 5.55. The lowest BCUT2D eigenvalue weighted by molar-refractivity contribution is 0.294. The average molecular weight is 261 g/mol. The molecule has 19 heavy (non-hydrogen) atoms. The Kier molecular flexibility index (Phi) is 3.65. The molecule has 1 heterocycles. The van der Waals surface area contributed by atoms with Crippen LogP contribution in [-0.2, 0) is 6.42 Å². The molecule has 1 saturated carbocycles. The van der Waals surface area contributed by atoms with Crippen LogP contribution in [0.4, 0.5) is 0 Å². The minimum atomic E-state index is 0.422. The third kappa shape index (κ3) is 2.71. The van der Waals surface area contributed by atoms with E-state index in [1.807, 2.05) is 0 Å². The Morgan fingerprint density at radius 1 is 1.32 bits per heavy atom. The summed E-state index contributed by atoms with van der Waals surface area (Å²) in [6.45, 7) is 2.97. The highest BCUT2D eigenvalue weighted by atomic mass is 16.5. The molecule has 0 aromatic heterocycles. The van der Waals surface area contributed by atoms with Gasteiger partial charge in [0.1, 0.15) is 0 Å². The van der Waals surface area contributed by atoms with Gasteiger partial charge in [-0.15, -0.1) is 0 Å². The quantitative estimate of drug-likeness (QED) is 0.902. The molecule has 3 rings (SSSR count). The van der Waals surface area contributed by atoms with Crippen LogP contribution < -0.4 is 14.8 Å². The molecular formula is C16H23NO2. The van der Waals surface area contributed by atoms with Gasteiger partial charge in [-0.3, -0.25) is 0 Å². The summed E-state index contributed by atoms with van der Waals surface area (Å²) in [7, 11) is 1.73. The highest BCUT2D eigenvalue weighted by Crippen LogP contribution is 2.41. The third-order valence-electron chi connectivity index (χ3n) is 4.04. The lowest BCUT2D eigenvalue weighted by atomic mass is 9.98. The largest absolute Gasteiger partial charge is 0.493 e. The Balaban J connectivity index is 1.99. The van der Waals surface area contributed by atoms with Crippen molar-refractivity contribution >= 4 is 0 Å². The summed E-state index contributed by atoms with van der Waals surface area (Å²) in [5, 5.41) is 3.76. The maximum Gasteiger partial charge on any atom is 0.165 e. The molecule has 3 heteroatoms. The summed E-state index contributed by atoms with van der Waals surface area (Å²) in [5.74, 6) is 1.84. The van der Waals surface area contributed by atoms with Crippen molar-refractivity contribution in [2.24, 2.45) is 0 Å². The molecule has 3 nitrogen and oxygen atoms in total. The molecule has 1 fully saturated rings. The zero-order valence-corrected chi connectivity index (χ0v) is 11.9. The molecule has 1 atom stereocenters. The van der Waals surface area contributed by atoms with Crippen LogP contribution >= 0.6 is 0 Å². The van der Waals surface area contributed by atoms with E-state index in [2.05, 4.69) is 24.4 Å². The van der Waals surface area contributed by atoms with Gasteiger partial charge in [0.25, 0.3) is 0 Å². The van der Waals surface area contributed by atoms with E-state index in [1.54, 1.807) is 7.11 Å². The zero-order chi connectivity index (χ0) is 13.2. The van der Waals surface area contributed by atoms with Crippen molar-refractivity contribution in [3.05, 3.63) is 23.3 Å². The SMILES string of the molecule is CCc1cc(OC)c2c(c1)C(NC1CC1)CCCO2. The molecule has 1 aromatic carbocycles. The summed E-state index contributed by atoms with van der Waals surface area (Å²) < 4.78 is 11.5. The Morgan fingerprint density at radius 2 is 2.16 bits per heavy atom. The number of hydrogen-bond acceptors (Lipinski definition) is 3. The predicted molar refractivity (Wildman–Crippen MR) is 76.0 cm³/mol. The molecule has 1 aliphatic carbocycles. The van der Waals surface area contributed by atoms with Crippen molar-refractivity contribution in [1.82, 2.24) is 5.32 Å². The van der Waals surface area contributed by atoms with Crippen LogP contribution in [-0.4, -0.2) is 19.8 Å². The van der Waals surface area contributed by atoms with Gasteiger partial charge in [-0.05, 0) is 43.7 Å². The van der Waals surface area contributed by atoms with Gasteiger partial charge in [0.2, 0.25) is 0 Å². The Hall–Kier alpha value is -1.22.